The molecule has 0 atom stereocenters. The zero-order valence-corrected chi connectivity index (χ0v) is 16.5. The molecule has 4 aliphatic rings. The predicted octanol–water partition coefficient (Wildman–Crippen LogP) is 2.38. The van der Waals surface area contributed by atoms with Gasteiger partial charge in [-0.2, -0.15) is 4.31 Å². The molecule has 0 unspecified atom stereocenters. The number of nitrogens with zero attached hydrogens (tertiary/aromatic N) is 3. The van der Waals surface area contributed by atoms with Gasteiger partial charge in [0.2, 0.25) is 10.0 Å². The molecular weight excluding hydrogens is 388 g/mol. The van der Waals surface area contributed by atoms with Crippen LogP contribution < -0.4 is 0 Å². The molecule has 3 saturated heterocycles. The Morgan fingerprint density at radius 2 is 1.75 bits per heavy atom. The minimum Gasteiger partial charge on any atom is -0.381 e. The van der Waals surface area contributed by atoms with Crippen molar-refractivity contribution >= 4 is 10.0 Å². The van der Waals surface area contributed by atoms with Crippen LogP contribution >= 0.6 is 0 Å². The molecule has 5 rings (SSSR count). The van der Waals surface area contributed by atoms with Crippen LogP contribution in [-0.2, 0) is 14.8 Å². The van der Waals surface area contributed by atoms with E-state index >= 15 is 0 Å². The van der Waals surface area contributed by atoms with Crippen molar-refractivity contribution in [1.82, 2.24) is 14.2 Å². The number of alkyl halides is 2. The summed E-state index contributed by atoms with van der Waals surface area (Å²) in [5.41, 5.74) is 0.0461. The third-order valence-corrected chi connectivity index (χ3v) is 8.36. The molecule has 6 nitrogen and oxygen atoms in total. The van der Waals surface area contributed by atoms with Gasteiger partial charge in [-0.05, 0) is 37.8 Å². The fourth-order valence-electron chi connectivity index (χ4n) is 4.80. The molecule has 3 aliphatic heterocycles. The summed E-state index contributed by atoms with van der Waals surface area (Å²) < 4.78 is 59.2. The monoisotopic (exact) mass is 413 g/mol. The first-order valence-electron chi connectivity index (χ1n) is 9.99. The molecule has 1 aliphatic carbocycles. The van der Waals surface area contributed by atoms with Gasteiger partial charge < -0.3 is 4.74 Å². The standard InChI is InChI=1S/C19H25F2N3O3S/c20-18(21)15-3-4-16(17(22-15)13-1-2-13)28(25,26)24-11-19(12-24)9-23(10-19)14-5-7-27-8-6-14/h3-4,13-14,18H,1-2,5-12H2. The number of ether oxygens (including phenoxy) is 1. The van der Waals surface area contributed by atoms with Gasteiger partial charge in [-0.15, -0.1) is 0 Å². The highest BCUT2D eigenvalue weighted by molar-refractivity contribution is 7.89. The second-order valence-corrected chi connectivity index (χ2v) is 10.6. The van der Waals surface area contributed by atoms with Gasteiger partial charge in [0.25, 0.3) is 6.43 Å². The van der Waals surface area contributed by atoms with Gasteiger partial charge in [-0.1, -0.05) is 0 Å². The molecule has 9 heteroatoms. The molecule has 1 aromatic heterocycles. The molecular formula is C19H25F2N3O3S. The highest BCUT2D eigenvalue weighted by Crippen LogP contribution is 2.47. The number of pyridine rings is 1. The van der Waals surface area contributed by atoms with E-state index in [4.69, 9.17) is 4.74 Å². The number of likely N-dealkylation sites (tertiary alicyclic amines) is 1. The largest absolute Gasteiger partial charge is 0.381 e. The molecule has 28 heavy (non-hydrogen) atoms. The summed E-state index contributed by atoms with van der Waals surface area (Å²) in [6.07, 6.45) is 1.03. The molecule has 0 radical (unpaired) electrons. The maximum Gasteiger partial charge on any atom is 0.280 e. The minimum atomic E-state index is -3.68. The zero-order valence-electron chi connectivity index (χ0n) is 15.7. The second-order valence-electron chi connectivity index (χ2n) is 8.72. The predicted molar refractivity (Wildman–Crippen MR) is 97.8 cm³/mol. The highest BCUT2D eigenvalue weighted by atomic mass is 32.2. The number of halogens is 2. The van der Waals surface area contributed by atoms with E-state index in [9.17, 15) is 17.2 Å². The van der Waals surface area contributed by atoms with Crippen molar-refractivity contribution < 1.29 is 21.9 Å². The van der Waals surface area contributed by atoms with Gasteiger partial charge in [-0.25, -0.2) is 17.2 Å². The normalized spacial score (nSPS) is 26.4. The summed E-state index contributed by atoms with van der Waals surface area (Å²) in [6, 6.07) is 3.03. The van der Waals surface area contributed by atoms with Crippen molar-refractivity contribution in [3.63, 3.8) is 0 Å². The fourth-order valence-corrected chi connectivity index (χ4v) is 6.68. The molecule has 1 saturated carbocycles. The molecule has 0 aromatic carbocycles. The number of hydrogen-bond acceptors (Lipinski definition) is 5. The molecule has 4 fully saturated rings. The van der Waals surface area contributed by atoms with E-state index in [0.717, 1.165) is 58.1 Å². The first-order valence-corrected chi connectivity index (χ1v) is 11.4. The molecule has 1 spiro atoms. The van der Waals surface area contributed by atoms with Crippen LogP contribution in [-0.4, -0.2) is 68.0 Å². The molecule has 0 N–H and O–H groups in total. The van der Waals surface area contributed by atoms with E-state index in [2.05, 4.69) is 9.88 Å². The number of sulfonamides is 1. The minimum absolute atomic E-state index is 0.00794. The van der Waals surface area contributed by atoms with E-state index in [-0.39, 0.29) is 21.9 Å². The Morgan fingerprint density at radius 3 is 2.36 bits per heavy atom. The molecule has 0 bridgehead atoms. The Labute approximate surface area is 163 Å². The van der Waals surface area contributed by atoms with E-state index in [1.165, 1.54) is 10.4 Å². The van der Waals surface area contributed by atoms with Crippen LogP contribution in [0.25, 0.3) is 0 Å². The van der Waals surface area contributed by atoms with Gasteiger partial charge in [0.05, 0.1) is 5.69 Å². The first kappa shape index (κ1) is 18.8. The topological polar surface area (TPSA) is 62.7 Å². The zero-order chi connectivity index (χ0) is 19.5. The Bertz CT molecular complexity index is 855. The van der Waals surface area contributed by atoms with Gasteiger partial charge in [0.15, 0.2) is 0 Å². The SMILES string of the molecule is O=S(=O)(c1ccc(C(F)F)nc1C1CC1)N1CC2(CN(C3CCOCC3)C2)C1. The maximum atomic E-state index is 13.1. The molecule has 4 heterocycles. The molecule has 0 amide bonds. The lowest BCUT2D eigenvalue weighted by Gasteiger charge is -2.61. The van der Waals surface area contributed by atoms with Crippen molar-refractivity contribution in [3.05, 3.63) is 23.5 Å². The van der Waals surface area contributed by atoms with Crippen LogP contribution in [0.2, 0.25) is 0 Å². The smallest absolute Gasteiger partial charge is 0.280 e. The summed E-state index contributed by atoms with van der Waals surface area (Å²) in [4.78, 5) is 6.57. The molecule has 154 valence electrons. The lowest BCUT2D eigenvalue weighted by atomic mass is 9.73. The van der Waals surface area contributed by atoms with Gasteiger partial charge >= 0.3 is 0 Å². The van der Waals surface area contributed by atoms with Crippen LogP contribution in [0.4, 0.5) is 8.78 Å². The second kappa shape index (κ2) is 6.68. The van der Waals surface area contributed by atoms with Crippen molar-refractivity contribution in [2.45, 2.75) is 49.0 Å². The maximum absolute atomic E-state index is 13.1. The van der Waals surface area contributed by atoms with Crippen LogP contribution in [0.3, 0.4) is 0 Å². The van der Waals surface area contributed by atoms with Crippen LogP contribution in [0.15, 0.2) is 17.0 Å². The van der Waals surface area contributed by atoms with Crippen LogP contribution in [0.1, 0.15) is 49.4 Å². The third-order valence-electron chi connectivity index (χ3n) is 6.52. The van der Waals surface area contributed by atoms with E-state index in [0.29, 0.717) is 24.8 Å². The first-order chi connectivity index (χ1) is 13.4. The van der Waals surface area contributed by atoms with Gasteiger partial charge in [-0.3, -0.25) is 9.88 Å². The Balaban J connectivity index is 1.28. The third kappa shape index (κ3) is 3.16. The lowest BCUT2D eigenvalue weighted by molar-refractivity contribution is -0.116. The Hall–Kier alpha value is -1.16. The van der Waals surface area contributed by atoms with Crippen molar-refractivity contribution in [1.29, 1.82) is 0 Å². The van der Waals surface area contributed by atoms with E-state index in [1.807, 2.05) is 0 Å². The average molecular weight is 413 g/mol. The Kier molecular flexibility index (Phi) is 4.50. The number of hydrogen-bond donors (Lipinski definition) is 0. The van der Waals surface area contributed by atoms with Crippen LogP contribution in [0.5, 0.6) is 0 Å². The fraction of sp³-hybridized carbons (Fsp3) is 0.737. The number of rotatable bonds is 5. The van der Waals surface area contributed by atoms with Crippen molar-refractivity contribution in [3.8, 4) is 0 Å². The quantitative estimate of drug-likeness (QED) is 0.742. The highest BCUT2D eigenvalue weighted by Gasteiger charge is 2.56. The summed E-state index contributed by atoms with van der Waals surface area (Å²) in [6.45, 7) is 4.50. The summed E-state index contributed by atoms with van der Waals surface area (Å²) >= 11 is 0. The summed E-state index contributed by atoms with van der Waals surface area (Å²) in [5.74, 6) is -0.00794. The number of aromatic nitrogens is 1. The van der Waals surface area contributed by atoms with E-state index < -0.39 is 16.4 Å². The summed E-state index contributed by atoms with van der Waals surface area (Å²) in [5, 5.41) is 0. The average Bonchev–Trinajstić information content (AvgIpc) is 3.44. The Morgan fingerprint density at radius 1 is 1.07 bits per heavy atom. The van der Waals surface area contributed by atoms with Gasteiger partial charge in [0, 0.05) is 56.8 Å². The van der Waals surface area contributed by atoms with E-state index in [1.54, 1.807) is 0 Å². The molecule has 1 aromatic rings. The lowest BCUT2D eigenvalue weighted by Crippen LogP contribution is -2.74. The van der Waals surface area contributed by atoms with Crippen molar-refractivity contribution in [2.24, 2.45) is 5.41 Å². The summed E-state index contributed by atoms with van der Waals surface area (Å²) in [7, 11) is -3.68. The van der Waals surface area contributed by atoms with Crippen LogP contribution in [0, 0.1) is 5.41 Å². The van der Waals surface area contributed by atoms with Gasteiger partial charge in [0.1, 0.15) is 10.6 Å². The van der Waals surface area contributed by atoms with Crippen molar-refractivity contribution in [2.75, 3.05) is 39.4 Å².